The summed E-state index contributed by atoms with van der Waals surface area (Å²) in [5, 5.41) is 3.75. The van der Waals surface area contributed by atoms with Crippen LogP contribution in [0.2, 0.25) is 0 Å². The molecule has 0 amide bonds. The first-order chi connectivity index (χ1) is 7.24. The lowest BCUT2D eigenvalue weighted by Gasteiger charge is -1.88. The van der Waals surface area contributed by atoms with Crippen molar-refractivity contribution < 1.29 is 9.59 Å². The van der Waals surface area contributed by atoms with E-state index < -0.39 is 0 Å². The number of thioether (sulfide) groups is 1. The first kappa shape index (κ1) is 12.0. The lowest BCUT2D eigenvalue weighted by atomic mass is 10.2. The molecule has 0 unspecified atom stereocenters. The van der Waals surface area contributed by atoms with Gasteiger partial charge in [-0.15, -0.1) is 0 Å². The molecule has 0 atom stereocenters. The summed E-state index contributed by atoms with van der Waals surface area (Å²) >= 11 is 2.74. The first-order valence-electron chi connectivity index (χ1n) is 4.37. The minimum Gasteiger partial charge on any atom is -0.298 e. The van der Waals surface area contributed by atoms with Crippen molar-refractivity contribution >= 4 is 34.5 Å². The molecule has 0 aliphatic rings. The largest absolute Gasteiger partial charge is 0.298 e. The normalized spacial score (nSPS) is 9.13. The fourth-order valence-electron chi connectivity index (χ4n) is 0.903. The van der Waals surface area contributed by atoms with E-state index >= 15 is 0 Å². The second kappa shape index (κ2) is 6.44. The Morgan fingerprint density at radius 3 is 3.07 bits per heavy atom. The van der Waals surface area contributed by atoms with Crippen molar-refractivity contribution in [1.29, 1.82) is 0 Å². The van der Waals surface area contributed by atoms with Crippen LogP contribution < -0.4 is 0 Å². The molecule has 0 bridgehead atoms. The van der Waals surface area contributed by atoms with Crippen LogP contribution in [-0.2, 0) is 4.79 Å². The zero-order valence-corrected chi connectivity index (χ0v) is 9.91. The molecule has 0 spiro atoms. The Kier molecular flexibility index (Phi) is 5.16. The van der Waals surface area contributed by atoms with Crippen molar-refractivity contribution in [3.63, 3.8) is 0 Å². The van der Waals surface area contributed by atoms with E-state index in [1.54, 1.807) is 12.3 Å². The van der Waals surface area contributed by atoms with Gasteiger partial charge in [0.25, 0.3) is 0 Å². The van der Waals surface area contributed by atoms with Crippen LogP contribution in [0.4, 0.5) is 0 Å². The van der Waals surface area contributed by atoms with Gasteiger partial charge < -0.3 is 0 Å². The zero-order valence-electron chi connectivity index (χ0n) is 8.28. The average Bonchev–Trinajstić information content (AvgIpc) is 2.64. The van der Waals surface area contributed by atoms with Crippen molar-refractivity contribution in [1.82, 2.24) is 0 Å². The molecule has 1 aromatic heterocycles. The molecule has 2 nitrogen and oxygen atoms in total. The van der Waals surface area contributed by atoms with E-state index in [1.165, 1.54) is 23.1 Å². The molecule has 0 radical (unpaired) electrons. The van der Waals surface area contributed by atoms with Gasteiger partial charge in [-0.05, 0) is 0 Å². The van der Waals surface area contributed by atoms with Gasteiger partial charge in [0.15, 0.2) is 11.4 Å². The molecule has 0 aliphatic carbocycles. The number of carbonyl (C=O) groups excluding carboxylic acids is 2. The SMILES string of the molecule is CC(=O)SCCC#Cc1cscc1C=O. The summed E-state index contributed by atoms with van der Waals surface area (Å²) in [7, 11) is 0. The summed E-state index contributed by atoms with van der Waals surface area (Å²) in [6.45, 7) is 1.54. The summed E-state index contributed by atoms with van der Waals surface area (Å²) in [5.41, 5.74) is 1.43. The molecule has 0 aromatic carbocycles. The van der Waals surface area contributed by atoms with Crippen molar-refractivity contribution in [2.45, 2.75) is 13.3 Å². The lowest BCUT2D eigenvalue weighted by Crippen LogP contribution is -1.84. The van der Waals surface area contributed by atoms with Crippen LogP contribution in [-0.4, -0.2) is 17.2 Å². The van der Waals surface area contributed by atoms with E-state index in [-0.39, 0.29) is 5.12 Å². The van der Waals surface area contributed by atoms with Crippen LogP contribution in [0.25, 0.3) is 0 Å². The van der Waals surface area contributed by atoms with E-state index in [9.17, 15) is 9.59 Å². The Labute approximate surface area is 97.1 Å². The topological polar surface area (TPSA) is 34.1 Å². The number of hydrogen-bond acceptors (Lipinski definition) is 4. The third-order valence-electron chi connectivity index (χ3n) is 1.57. The van der Waals surface area contributed by atoms with E-state index in [4.69, 9.17) is 0 Å². The van der Waals surface area contributed by atoms with Gasteiger partial charge in [0.1, 0.15) is 0 Å². The highest BCUT2D eigenvalue weighted by molar-refractivity contribution is 8.13. The minimum atomic E-state index is 0.112. The third kappa shape index (κ3) is 4.32. The van der Waals surface area contributed by atoms with Gasteiger partial charge in [-0.25, -0.2) is 0 Å². The fourth-order valence-corrected chi connectivity index (χ4v) is 2.12. The quantitative estimate of drug-likeness (QED) is 0.461. The van der Waals surface area contributed by atoms with Crippen molar-refractivity contribution in [2.75, 3.05) is 5.75 Å². The molecule has 0 N–H and O–H groups in total. The highest BCUT2D eigenvalue weighted by atomic mass is 32.2. The van der Waals surface area contributed by atoms with E-state index in [1.807, 2.05) is 5.38 Å². The standard InChI is InChI=1S/C11H10O2S2/c1-9(13)15-5-3-2-4-10-7-14-8-11(10)6-12/h6-8H,3,5H2,1H3. The number of aldehydes is 1. The first-order valence-corrected chi connectivity index (χ1v) is 6.30. The second-order valence-corrected chi connectivity index (χ2v) is 4.77. The van der Waals surface area contributed by atoms with Crippen molar-refractivity contribution in [3.05, 3.63) is 21.9 Å². The predicted molar refractivity (Wildman–Crippen MR) is 64.3 cm³/mol. The molecule has 1 heterocycles. The number of carbonyl (C=O) groups is 2. The van der Waals surface area contributed by atoms with Crippen LogP contribution in [0.1, 0.15) is 29.3 Å². The molecule has 0 fully saturated rings. The predicted octanol–water partition coefficient (Wildman–Crippen LogP) is 2.58. The van der Waals surface area contributed by atoms with Crippen LogP contribution in [0.3, 0.4) is 0 Å². The lowest BCUT2D eigenvalue weighted by molar-refractivity contribution is -0.109. The summed E-state index contributed by atoms with van der Waals surface area (Å²) in [6.07, 6.45) is 1.48. The van der Waals surface area contributed by atoms with Gasteiger partial charge in [-0.3, -0.25) is 9.59 Å². The molecule has 0 saturated heterocycles. The maximum Gasteiger partial charge on any atom is 0.185 e. The summed E-state index contributed by atoms with van der Waals surface area (Å²) in [5.74, 6) is 6.58. The fraction of sp³-hybridized carbons (Fsp3) is 0.273. The Hall–Kier alpha value is -1.05. The molecule has 0 aliphatic heterocycles. The Balaban J connectivity index is 2.44. The van der Waals surface area contributed by atoms with Gasteiger partial charge >= 0.3 is 0 Å². The Morgan fingerprint density at radius 1 is 1.60 bits per heavy atom. The van der Waals surface area contributed by atoms with Crippen LogP contribution in [0.15, 0.2) is 10.8 Å². The maximum absolute atomic E-state index is 10.6. The maximum atomic E-state index is 10.6. The smallest absolute Gasteiger partial charge is 0.185 e. The summed E-state index contributed by atoms with van der Waals surface area (Å²) in [4.78, 5) is 21.2. The van der Waals surface area contributed by atoms with Crippen LogP contribution in [0.5, 0.6) is 0 Å². The van der Waals surface area contributed by atoms with Gasteiger partial charge in [0, 0.05) is 41.0 Å². The highest BCUT2D eigenvalue weighted by Crippen LogP contribution is 2.11. The number of rotatable bonds is 3. The number of thiophene rings is 1. The van der Waals surface area contributed by atoms with Gasteiger partial charge in [-0.1, -0.05) is 23.6 Å². The van der Waals surface area contributed by atoms with E-state index in [0.29, 0.717) is 17.7 Å². The van der Waals surface area contributed by atoms with Crippen LogP contribution >= 0.6 is 23.1 Å². The molecule has 4 heteroatoms. The summed E-state index contributed by atoms with van der Waals surface area (Å²) < 4.78 is 0. The Morgan fingerprint density at radius 2 is 2.40 bits per heavy atom. The van der Waals surface area contributed by atoms with Crippen molar-refractivity contribution in [3.8, 4) is 11.8 Å². The average molecular weight is 238 g/mol. The van der Waals surface area contributed by atoms with Gasteiger partial charge in [0.05, 0.1) is 0 Å². The molecule has 1 aromatic rings. The van der Waals surface area contributed by atoms with Crippen LogP contribution in [0, 0.1) is 11.8 Å². The van der Waals surface area contributed by atoms with E-state index in [0.717, 1.165) is 11.8 Å². The molecule has 1 rings (SSSR count). The van der Waals surface area contributed by atoms with E-state index in [2.05, 4.69) is 11.8 Å². The van der Waals surface area contributed by atoms with Gasteiger partial charge in [0.2, 0.25) is 0 Å². The highest BCUT2D eigenvalue weighted by Gasteiger charge is 1.97. The zero-order chi connectivity index (χ0) is 11.1. The second-order valence-electron chi connectivity index (χ2n) is 2.75. The molecular weight excluding hydrogens is 228 g/mol. The summed E-state index contributed by atoms with van der Waals surface area (Å²) in [6, 6.07) is 0. The Bertz CT molecular complexity index is 410. The molecular formula is C11H10O2S2. The number of hydrogen-bond donors (Lipinski definition) is 0. The van der Waals surface area contributed by atoms with Crippen molar-refractivity contribution in [2.24, 2.45) is 0 Å². The minimum absolute atomic E-state index is 0.112. The molecule has 15 heavy (non-hydrogen) atoms. The molecule has 78 valence electrons. The molecule has 0 saturated carbocycles. The monoisotopic (exact) mass is 238 g/mol. The third-order valence-corrected chi connectivity index (χ3v) is 3.15. The van der Waals surface area contributed by atoms with Gasteiger partial charge in [-0.2, -0.15) is 11.3 Å².